The minimum absolute atomic E-state index is 0.113. The second-order valence-corrected chi connectivity index (χ2v) is 8.11. The predicted octanol–water partition coefficient (Wildman–Crippen LogP) is 3.06. The average Bonchev–Trinajstić information content (AvgIpc) is 3.38. The van der Waals surface area contributed by atoms with Crippen LogP contribution in [0.3, 0.4) is 0 Å². The monoisotopic (exact) mass is 446 g/mol. The minimum atomic E-state index is -5.08. The van der Waals surface area contributed by atoms with Crippen LogP contribution in [0, 0.1) is 11.7 Å². The number of nitrogens with zero attached hydrogens (tertiary/aromatic N) is 2. The van der Waals surface area contributed by atoms with E-state index in [1.807, 2.05) is 17.0 Å². The third kappa shape index (κ3) is 6.16. The number of ether oxygens (including phenoxy) is 1. The van der Waals surface area contributed by atoms with Crippen LogP contribution in [-0.4, -0.2) is 71.3 Å². The first-order valence-electron chi connectivity index (χ1n) is 10.3. The van der Waals surface area contributed by atoms with Crippen LogP contribution < -0.4 is 0 Å². The van der Waals surface area contributed by atoms with Crippen molar-refractivity contribution in [2.45, 2.75) is 50.6 Å². The summed E-state index contributed by atoms with van der Waals surface area (Å²) >= 11 is 0. The highest BCUT2D eigenvalue weighted by Crippen LogP contribution is 2.35. The fourth-order valence-electron chi connectivity index (χ4n) is 4.31. The molecule has 6 nitrogen and oxygen atoms in total. The van der Waals surface area contributed by atoms with Gasteiger partial charge in [0.1, 0.15) is 11.9 Å². The van der Waals surface area contributed by atoms with Crippen LogP contribution in [0.4, 0.5) is 17.6 Å². The van der Waals surface area contributed by atoms with Gasteiger partial charge in [-0.1, -0.05) is 18.2 Å². The second kappa shape index (κ2) is 9.95. The number of hydrogen-bond acceptors (Lipinski definition) is 4. The molecule has 4 rings (SSSR count). The van der Waals surface area contributed by atoms with Crippen LogP contribution in [0.15, 0.2) is 24.3 Å². The number of alkyl halides is 3. The van der Waals surface area contributed by atoms with Crippen molar-refractivity contribution in [2.75, 3.05) is 26.2 Å². The van der Waals surface area contributed by atoms with E-state index in [9.17, 15) is 22.4 Å². The third-order valence-corrected chi connectivity index (χ3v) is 5.92. The lowest BCUT2D eigenvalue weighted by molar-refractivity contribution is -0.192. The first kappa shape index (κ1) is 23.5. The van der Waals surface area contributed by atoms with Crippen LogP contribution >= 0.6 is 0 Å². The number of likely N-dealkylation sites (tertiary alicyclic amines) is 2. The number of fused-ring (bicyclic) bond motifs is 1. The molecule has 3 aliphatic rings. The van der Waals surface area contributed by atoms with Gasteiger partial charge in [-0.05, 0) is 44.2 Å². The number of hydrogen-bond donors (Lipinski definition) is 1. The summed E-state index contributed by atoms with van der Waals surface area (Å²) in [6.07, 6.45) is -1.12. The van der Waals surface area contributed by atoms with E-state index < -0.39 is 12.1 Å². The second-order valence-electron chi connectivity index (χ2n) is 8.11. The van der Waals surface area contributed by atoms with Gasteiger partial charge < -0.3 is 14.7 Å². The van der Waals surface area contributed by atoms with Crippen molar-refractivity contribution >= 4 is 11.9 Å². The number of rotatable bonds is 3. The number of carboxylic acids is 1. The number of halogens is 4. The molecule has 1 amide bonds. The molecule has 0 radical (unpaired) electrons. The summed E-state index contributed by atoms with van der Waals surface area (Å²) in [5, 5.41) is 7.12. The number of benzene rings is 1. The largest absolute Gasteiger partial charge is 0.490 e. The van der Waals surface area contributed by atoms with Crippen molar-refractivity contribution in [1.82, 2.24) is 9.80 Å². The van der Waals surface area contributed by atoms with Crippen molar-refractivity contribution in [3.63, 3.8) is 0 Å². The van der Waals surface area contributed by atoms with Gasteiger partial charge in [-0.25, -0.2) is 9.18 Å². The maximum absolute atomic E-state index is 13.8. The molecule has 0 saturated carbocycles. The lowest BCUT2D eigenvalue weighted by Crippen LogP contribution is -2.42. The first-order valence-corrected chi connectivity index (χ1v) is 10.3. The number of aliphatic carboxylic acids is 1. The zero-order valence-electron chi connectivity index (χ0n) is 17.0. The molecule has 1 aromatic rings. The van der Waals surface area contributed by atoms with Crippen LogP contribution in [0.25, 0.3) is 0 Å². The summed E-state index contributed by atoms with van der Waals surface area (Å²) in [4.78, 5) is 25.7. The quantitative estimate of drug-likeness (QED) is 0.723. The fourth-order valence-corrected chi connectivity index (χ4v) is 4.31. The molecule has 3 saturated heterocycles. The summed E-state index contributed by atoms with van der Waals surface area (Å²) in [6, 6.07) is 6.96. The molecule has 0 spiro atoms. The highest BCUT2D eigenvalue weighted by molar-refractivity contribution is 5.81. The normalized spacial score (nSPS) is 26.2. The van der Waals surface area contributed by atoms with E-state index in [4.69, 9.17) is 14.6 Å². The number of amides is 1. The summed E-state index contributed by atoms with van der Waals surface area (Å²) in [6.45, 7) is 4.12. The highest BCUT2D eigenvalue weighted by Gasteiger charge is 2.43. The van der Waals surface area contributed by atoms with Crippen molar-refractivity contribution in [2.24, 2.45) is 5.92 Å². The lowest BCUT2D eigenvalue weighted by Gasteiger charge is -2.34. The van der Waals surface area contributed by atoms with Crippen molar-refractivity contribution in [3.8, 4) is 0 Å². The van der Waals surface area contributed by atoms with Crippen LogP contribution in [0.5, 0.6) is 0 Å². The van der Waals surface area contributed by atoms with Gasteiger partial charge in [0.05, 0.1) is 6.10 Å². The van der Waals surface area contributed by atoms with Gasteiger partial charge in [-0.3, -0.25) is 9.69 Å². The molecule has 3 aliphatic heterocycles. The molecule has 0 aromatic heterocycles. The average molecular weight is 446 g/mol. The highest BCUT2D eigenvalue weighted by atomic mass is 19.4. The molecule has 3 heterocycles. The zero-order valence-corrected chi connectivity index (χ0v) is 17.0. The van der Waals surface area contributed by atoms with E-state index in [0.717, 1.165) is 57.4 Å². The fraction of sp³-hybridized carbons (Fsp3) is 0.619. The smallest absolute Gasteiger partial charge is 0.475 e. The van der Waals surface area contributed by atoms with E-state index in [2.05, 4.69) is 4.90 Å². The summed E-state index contributed by atoms with van der Waals surface area (Å²) in [5.74, 6) is -2.25. The first-order chi connectivity index (χ1) is 14.6. The van der Waals surface area contributed by atoms with Crippen LogP contribution in [0.2, 0.25) is 0 Å². The maximum atomic E-state index is 13.8. The molecule has 3 atom stereocenters. The van der Waals surface area contributed by atoms with E-state index in [0.29, 0.717) is 12.5 Å². The molecule has 31 heavy (non-hydrogen) atoms. The zero-order chi connectivity index (χ0) is 22.6. The minimum Gasteiger partial charge on any atom is -0.475 e. The molecule has 3 fully saturated rings. The van der Waals surface area contributed by atoms with Crippen molar-refractivity contribution < 1.29 is 37.0 Å². The maximum Gasteiger partial charge on any atom is 0.490 e. The summed E-state index contributed by atoms with van der Waals surface area (Å²) in [5.41, 5.74) is 0.735. The number of carbonyl (C=O) groups excluding carboxylic acids is 1. The molecule has 1 aromatic carbocycles. The van der Waals surface area contributed by atoms with E-state index in [-0.39, 0.29) is 23.9 Å². The molecular weight excluding hydrogens is 420 g/mol. The Morgan fingerprint density at radius 3 is 2.39 bits per heavy atom. The standard InChI is InChI=1S/C19H25FN2O2.C2HF3O2/c20-16-6-2-1-5-15(16)12-21-10-7-14-11-17(24-18(14)13-21)19(23)22-8-3-4-9-22;3-2(4,5)1(6)7/h1-2,5-6,14,17-18H,3-4,7-13H2;(H,6,7)/t14-,17+,18+;/m0./s1. The SMILES string of the molecule is O=C(O)C(F)(F)F.O=C([C@H]1C[C@@H]2CCN(Cc3ccccc3F)C[C@H]2O1)N1CCCC1. The molecule has 172 valence electrons. The third-order valence-electron chi connectivity index (χ3n) is 5.92. The van der Waals surface area contributed by atoms with Gasteiger partial charge in [-0.2, -0.15) is 13.2 Å². The van der Waals surface area contributed by atoms with Gasteiger partial charge in [0, 0.05) is 31.7 Å². The topological polar surface area (TPSA) is 70.1 Å². The molecule has 1 N–H and O–H groups in total. The molecular formula is C21H26F4N2O4. The van der Waals surface area contributed by atoms with E-state index >= 15 is 0 Å². The number of carbonyl (C=O) groups is 2. The predicted molar refractivity (Wildman–Crippen MR) is 103 cm³/mol. The molecule has 0 bridgehead atoms. The van der Waals surface area contributed by atoms with Gasteiger partial charge in [-0.15, -0.1) is 0 Å². The molecule has 0 unspecified atom stereocenters. The Morgan fingerprint density at radius 1 is 1.13 bits per heavy atom. The summed E-state index contributed by atoms with van der Waals surface area (Å²) in [7, 11) is 0. The van der Waals surface area contributed by atoms with Crippen molar-refractivity contribution in [3.05, 3.63) is 35.6 Å². The van der Waals surface area contributed by atoms with Gasteiger partial charge in [0.25, 0.3) is 5.91 Å². The Balaban J connectivity index is 0.000000339. The van der Waals surface area contributed by atoms with Crippen molar-refractivity contribution in [1.29, 1.82) is 0 Å². The van der Waals surface area contributed by atoms with Gasteiger partial charge in [0.2, 0.25) is 0 Å². The van der Waals surface area contributed by atoms with E-state index in [1.54, 1.807) is 6.07 Å². The van der Waals surface area contributed by atoms with E-state index in [1.165, 1.54) is 6.07 Å². The van der Waals surface area contributed by atoms with Gasteiger partial charge in [0.15, 0.2) is 0 Å². The Kier molecular flexibility index (Phi) is 7.53. The molecule has 0 aliphatic carbocycles. The Bertz CT molecular complexity index is 783. The molecule has 10 heteroatoms. The number of piperidine rings is 1. The summed E-state index contributed by atoms with van der Waals surface area (Å²) < 4.78 is 51.7. The number of carboxylic acid groups (broad SMARTS) is 1. The Labute approximate surface area is 177 Å². The lowest BCUT2D eigenvalue weighted by atomic mass is 9.91. The van der Waals surface area contributed by atoms with Crippen LogP contribution in [-0.2, 0) is 20.9 Å². The Hall–Kier alpha value is -2.20. The van der Waals surface area contributed by atoms with Crippen LogP contribution in [0.1, 0.15) is 31.2 Å². The van der Waals surface area contributed by atoms with Gasteiger partial charge >= 0.3 is 12.1 Å². The Morgan fingerprint density at radius 2 is 1.77 bits per heavy atom.